The molecule has 0 atom stereocenters. The zero-order valence-corrected chi connectivity index (χ0v) is 8.14. The Labute approximate surface area is 77.6 Å². The third kappa shape index (κ3) is 41.2. The molecule has 0 aromatic heterocycles. The van der Waals surface area contributed by atoms with Gasteiger partial charge in [0.1, 0.15) is 11.6 Å². The second-order valence-corrected chi connectivity index (χ2v) is 1.90. The average Bonchev–Trinajstić information content (AvgIpc) is 1.62. The second-order valence-electron chi connectivity index (χ2n) is 1.90. The van der Waals surface area contributed by atoms with Crippen molar-refractivity contribution in [2.45, 2.75) is 27.2 Å². The molecule has 3 nitrogen and oxygen atoms in total. The van der Waals surface area contributed by atoms with Gasteiger partial charge in [0.25, 0.3) is 0 Å². The molecule has 0 heterocycles. The summed E-state index contributed by atoms with van der Waals surface area (Å²) >= 11 is 0. The molecule has 68 valence electrons. The molecule has 0 spiro atoms. The molecule has 0 amide bonds. The van der Waals surface area contributed by atoms with Crippen LogP contribution >= 0.6 is 0 Å². The molecule has 0 aromatic carbocycles. The van der Waals surface area contributed by atoms with Crippen molar-refractivity contribution in [2.75, 3.05) is 6.61 Å². The van der Waals surface area contributed by atoms with Crippen LogP contribution in [0.15, 0.2) is 0 Å². The zero-order chi connectivity index (χ0) is 8.57. The van der Waals surface area contributed by atoms with Crippen LogP contribution in [0.1, 0.15) is 27.2 Å². The smallest absolute Gasteiger partial charge is 0.137 e. The molecule has 4 heteroatoms. The third-order valence-corrected chi connectivity index (χ3v) is 0.498. The minimum absolute atomic E-state index is 0. The summed E-state index contributed by atoms with van der Waals surface area (Å²) in [6.45, 7) is 4.74. The van der Waals surface area contributed by atoms with Gasteiger partial charge in [-0.05, 0) is 20.8 Å². The SMILES string of the molecule is CC(=O)CC(C)=O.CCO.[Fe]. The van der Waals surface area contributed by atoms with Gasteiger partial charge < -0.3 is 5.11 Å². The number of aliphatic hydroxyl groups excluding tert-OH is 1. The summed E-state index contributed by atoms with van der Waals surface area (Å²) in [6, 6.07) is 0. The molecule has 0 aliphatic carbocycles. The second kappa shape index (κ2) is 12.5. The van der Waals surface area contributed by atoms with Crippen molar-refractivity contribution in [3.8, 4) is 0 Å². The van der Waals surface area contributed by atoms with E-state index in [1.807, 2.05) is 0 Å². The maximum absolute atomic E-state index is 10.0. The molecule has 0 aromatic rings. The van der Waals surface area contributed by atoms with E-state index in [1.54, 1.807) is 6.92 Å². The van der Waals surface area contributed by atoms with Crippen molar-refractivity contribution >= 4 is 11.6 Å². The van der Waals surface area contributed by atoms with Gasteiger partial charge in [-0.3, -0.25) is 9.59 Å². The topological polar surface area (TPSA) is 54.4 Å². The minimum Gasteiger partial charge on any atom is -0.397 e. The summed E-state index contributed by atoms with van der Waals surface area (Å²) in [6.07, 6.45) is 0.0833. The molecule has 1 N–H and O–H groups in total. The molecular weight excluding hydrogens is 188 g/mol. The van der Waals surface area contributed by atoms with Crippen LogP contribution in [-0.4, -0.2) is 23.3 Å². The summed E-state index contributed by atoms with van der Waals surface area (Å²) in [5.74, 6) is -0.125. The third-order valence-electron chi connectivity index (χ3n) is 0.498. The van der Waals surface area contributed by atoms with E-state index >= 15 is 0 Å². The van der Waals surface area contributed by atoms with Crippen molar-refractivity contribution in [1.29, 1.82) is 0 Å². The Morgan fingerprint density at radius 2 is 1.36 bits per heavy atom. The maximum atomic E-state index is 10.0. The minimum atomic E-state index is -0.0625. The number of carbonyl (C=O) groups is 2. The van der Waals surface area contributed by atoms with Crippen LogP contribution in [0.5, 0.6) is 0 Å². The summed E-state index contributed by atoms with van der Waals surface area (Å²) in [5, 5.41) is 7.57. The fourth-order valence-corrected chi connectivity index (χ4v) is 0.351. The Bertz CT molecular complexity index is 100. The number of hydrogen-bond donors (Lipinski definition) is 1. The van der Waals surface area contributed by atoms with Crippen molar-refractivity contribution < 1.29 is 31.8 Å². The summed E-state index contributed by atoms with van der Waals surface area (Å²) in [4.78, 5) is 20.1. The normalized spacial score (nSPS) is 6.91. The standard InChI is InChI=1S/C5H8O2.C2H6O.Fe/c1-4(6)3-5(2)7;1-2-3;/h3H2,1-2H3;3H,2H2,1H3;. The van der Waals surface area contributed by atoms with E-state index in [0.717, 1.165) is 0 Å². The molecule has 0 unspecified atom stereocenters. The number of ketones is 2. The van der Waals surface area contributed by atoms with E-state index in [9.17, 15) is 9.59 Å². The van der Waals surface area contributed by atoms with Crippen LogP contribution in [-0.2, 0) is 26.7 Å². The van der Waals surface area contributed by atoms with Gasteiger partial charge in [0, 0.05) is 23.7 Å². The van der Waals surface area contributed by atoms with E-state index < -0.39 is 0 Å². The van der Waals surface area contributed by atoms with E-state index in [0.29, 0.717) is 0 Å². The number of hydrogen-bond acceptors (Lipinski definition) is 3. The Morgan fingerprint density at radius 3 is 1.36 bits per heavy atom. The van der Waals surface area contributed by atoms with Gasteiger partial charge in [0.05, 0.1) is 6.42 Å². The number of carbonyl (C=O) groups excluding carboxylic acids is 2. The fraction of sp³-hybridized carbons (Fsp3) is 0.714. The first-order chi connectivity index (χ1) is 4.54. The van der Waals surface area contributed by atoms with Gasteiger partial charge in [-0.25, -0.2) is 0 Å². The fourth-order valence-electron chi connectivity index (χ4n) is 0.351. The Hall–Kier alpha value is -0.181. The number of Topliss-reactive ketones (excluding diaryl/α,β-unsaturated/α-hetero) is 2. The Morgan fingerprint density at radius 1 is 1.18 bits per heavy atom. The number of rotatable bonds is 2. The van der Waals surface area contributed by atoms with Crippen molar-refractivity contribution in [3.63, 3.8) is 0 Å². The maximum Gasteiger partial charge on any atom is 0.137 e. The van der Waals surface area contributed by atoms with Crippen LogP contribution in [0.2, 0.25) is 0 Å². The molecule has 0 radical (unpaired) electrons. The quantitative estimate of drug-likeness (QED) is 0.525. The van der Waals surface area contributed by atoms with Crippen LogP contribution in [0.4, 0.5) is 0 Å². The molecule has 0 aliphatic heterocycles. The van der Waals surface area contributed by atoms with Gasteiger partial charge in [0.15, 0.2) is 0 Å². The van der Waals surface area contributed by atoms with Crippen LogP contribution in [0.25, 0.3) is 0 Å². The van der Waals surface area contributed by atoms with Gasteiger partial charge in [-0.2, -0.15) is 0 Å². The summed E-state index contributed by atoms with van der Waals surface area (Å²) in [5.41, 5.74) is 0. The molecule has 11 heavy (non-hydrogen) atoms. The number of aliphatic hydroxyl groups is 1. The summed E-state index contributed by atoms with van der Waals surface area (Å²) < 4.78 is 0. The Balaban J connectivity index is -0.000000140. The Kier molecular flexibility index (Phi) is 19.4. The predicted octanol–water partition coefficient (Wildman–Crippen LogP) is 0.551. The van der Waals surface area contributed by atoms with Crippen LogP contribution < -0.4 is 0 Å². The van der Waals surface area contributed by atoms with Crippen molar-refractivity contribution in [3.05, 3.63) is 0 Å². The van der Waals surface area contributed by atoms with Crippen LogP contribution in [0, 0.1) is 0 Å². The van der Waals surface area contributed by atoms with Crippen molar-refractivity contribution in [1.82, 2.24) is 0 Å². The first-order valence-electron chi connectivity index (χ1n) is 3.14. The van der Waals surface area contributed by atoms with Gasteiger partial charge >= 0.3 is 0 Å². The van der Waals surface area contributed by atoms with Crippen molar-refractivity contribution in [2.24, 2.45) is 0 Å². The first-order valence-corrected chi connectivity index (χ1v) is 3.14. The van der Waals surface area contributed by atoms with Crippen LogP contribution in [0.3, 0.4) is 0 Å². The van der Waals surface area contributed by atoms with E-state index in [4.69, 9.17) is 5.11 Å². The van der Waals surface area contributed by atoms with Gasteiger partial charge in [-0.1, -0.05) is 0 Å². The van der Waals surface area contributed by atoms with E-state index in [2.05, 4.69) is 0 Å². The molecule has 0 bridgehead atoms. The zero-order valence-electron chi connectivity index (χ0n) is 7.03. The van der Waals surface area contributed by atoms with E-state index in [1.165, 1.54) is 13.8 Å². The van der Waals surface area contributed by atoms with Gasteiger partial charge in [0.2, 0.25) is 0 Å². The molecule has 0 aliphatic rings. The summed E-state index contributed by atoms with van der Waals surface area (Å²) in [7, 11) is 0. The molecular formula is C7H14FeO3. The molecule has 0 saturated carbocycles. The molecule has 0 rings (SSSR count). The monoisotopic (exact) mass is 202 g/mol. The molecule has 0 saturated heterocycles. The first kappa shape index (κ1) is 17.1. The molecule has 0 fully saturated rings. The predicted molar refractivity (Wildman–Crippen MR) is 38.7 cm³/mol. The average molecular weight is 202 g/mol. The largest absolute Gasteiger partial charge is 0.397 e. The van der Waals surface area contributed by atoms with Gasteiger partial charge in [-0.15, -0.1) is 0 Å². The van der Waals surface area contributed by atoms with E-state index in [-0.39, 0.29) is 41.7 Å².